The molecule has 1 aliphatic heterocycles. The molecule has 0 bridgehead atoms. The van der Waals surface area contributed by atoms with E-state index in [9.17, 15) is 14.7 Å². The number of aromatic nitrogens is 2. The summed E-state index contributed by atoms with van der Waals surface area (Å²) in [5, 5.41) is 13.5. The lowest BCUT2D eigenvalue weighted by molar-refractivity contribution is -0.121. The number of carbonyl (C=O) groups is 1. The van der Waals surface area contributed by atoms with Crippen LogP contribution in [-0.2, 0) is 11.3 Å². The zero-order chi connectivity index (χ0) is 17.1. The molecule has 2 atom stereocenters. The number of Topliss-reactive ketones (excluding diaryl/α,β-unsaturated/α-hetero) is 1. The third-order valence-corrected chi connectivity index (χ3v) is 4.37. The van der Waals surface area contributed by atoms with Gasteiger partial charge in [0.05, 0.1) is 37.0 Å². The minimum Gasteiger partial charge on any atom is -0.497 e. The van der Waals surface area contributed by atoms with Gasteiger partial charge < -0.3 is 15.2 Å². The van der Waals surface area contributed by atoms with E-state index in [2.05, 4.69) is 10.3 Å². The summed E-state index contributed by atoms with van der Waals surface area (Å²) in [6, 6.07) is 4.79. The lowest BCUT2D eigenvalue weighted by Gasteiger charge is -2.28. The van der Waals surface area contributed by atoms with Gasteiger partial charge >= 0.3 is 0 Å². The van der Waals surface area contributed by atoms with Gasteiger partial charge in [0.15, 0.2) is 5.78 Å². The molecule has 24 heavy (non-hydrogen) atoms. The molecule has 1 aliphatic rings. The Morgan fingerprint density at radius 3 is 3.08 bits per heavy atom. The van der Waals surface area contributed by atoms with Crippen LogP contribution in [0, 0.1) is 0 Å². The molecule has 2 aromatic rings. The van der Waals surface area contributed by atoms with E-state index in [0.717, 1.165) is 13.0 Å². The Labute approximate surface area is 139 Å². The Balaban J connectivity index is 1.76. The van der Waals surface area contributed by atoms with Gasteiger partial charge in [-0.1, -0.05) is 0 Å². The average Bonchev–Trinajstić information content (AvgIpc) is 2.59. The molecule has 0 unspecified atom stereocenters. The third kappa shape index (κ3) is 3.47. The first-order valence-corrected chi connectivity index (χ1v) is 8.05. The summed E-state index contributed by atoms with van der Waals surface area (Å²) in [4.78, 5) is 29.0. The average molecular weight is 331 g/mol. The van der Waals surface area contributed by atoms with Gasteiger partial charge in [-0.3, -0.25) is 14.2 Å². The van der Waals surface area contributed by atoms with E-state index in [1.165, 1.54) is 10.9 Å². The molecule has 1 fully saturated rings. The number of methoxy groups -OCH3 is 1. The van der Waals surface area contributed by atoms with E-state index in [1.54, 1.807) is 25.3 Å². The number of piperidine rings is 1. The van der Waals surface area contributed by atoms with Crippen molar-refractivity contribution >= 4 is 16.7 Å². The van der Waals surface area contributed by atoms with Crippen LogP contribution in [0.5, 0.6) is 5.75 Å². The van der Waals surface area contributed by atoms with Crippen molar-refractivity contribution in [1.82, 2.24) is 14.9 Å². The quantitative estimate of drug-likeness (QED) is 0.828. The second-order valence-corrected chi connectivity index (χ2v) is 6.07. The molecule has 1 aromatic carbocycles. The molecule has 7 heteroatoms. The summed E-state index contributed by atoms with van der Waals surface area (Å²) in [6.07, 6.45) is 2.68. The van der Waals surface area contributed by atoms with Crippen LogP contribution in [0.15, 0.2) is 29.3 Å². The van der Waals surface area contributed by atoms with Gasteiger partial charge in [-0.25, -0.2) is 4.98 Å². The van der Waals surface area contributed by atoms with Gasteiger partial charge in [-0.2, -0.15) is 0 Å². The van der Waals surface area contributed by atoms with Crippen LogP contribution >= 0.6 is 0 Å². The number of nitrogens with one attached hydrogen (secondary N) is 1. The zero-order valence-electron chi connectivity index (χ0n) is 13.6. The second-order valence-electron chi connectivity index (χ2n) is 6.07. The summed E-state index contributed by atoms with van der Waals surface area (Å²) in [5.74, 6) is 0.519. The summed E-state index contributed by atoms with van der Waals surface area (Å²) in [6.45, 7) is 0.757. The monoisotopic (exact) mass is 331 g/mol. The predicted octanol–water partition coefficient (Wildman–Crippen LogP) is 0.477. The van der Waals surface area contributed by atoms with Crippen LogP contribution < -0.4 is 15.6 Å². The van der Waals surface area contributed by atoms with E-state index in [1.807, 2.05) is 0 Å². The number of benzene rings is 1. The molecular weight excluding hydrogens is 310 g/mol. The van der Waals surface area contributed by atoms with Gasteiger partial charge in [-0.05, 0) is 31.5 Å². The Hall–Kier alpha value is -2.25. The molecule has 3 rings (SSSR count). The van der Waals surface area contributed by atoms with Gasteiger partial charge in [0.1, 0.15) is 5.75 Å². The van der Waals surface area contributed by atoms with E-state index in [-0.39, 0.29) is 30.3 Å². The summed E-state index contributed by atoms with van der Waals surface area (Å²) in [7, 11) is 1.55. The third-order valence-electron chi connectivity index (χ3n) is 4.37. The van der Waals surface area contributed by atoms with Crippen LogP contribution in [0.2, 0.25) is 0 Å². The molecule has 2 N–H and O–H groups in total. The van der Waals surface area contributed by atoms with Gasteiger partial charge in [0.25, 0.3) is 5.56 Å². The van der Waals surface area contributed by atoms with Crippen molar-refractivity contribution in [3.8, 4) is 5.75 Å². The first-order chi connectivity index (χ1) is 11.6. The Morgan fingerprint density at radius 2 is 2.33 bits per heavy atom. The van der Waals surface area contributed by atoms with Crippen molar-refractivity contribution in [2.45, 2.75) is 38.0 Å². The first-order valence-electron chi connectivity index (χ1n) is 8.05. The highest BCUT2D eigenvalue weighted by atomic mass is 16.5. The van der Waals surface area contributed by atoms with Crippen molar-refractivity contribution in [2.24, 2.45) is 0 Å². The van der Waals surface area contributed by atoms with Crippen LogP contribution in [-0.4, -0.2) is 46.2 Å². The van der Waals surface area contributed by atoms with E-state index < -0.39 is 6.10 Å². The molecule has 1 saturated heterocycles. The molecule has 0 amide bonds. The second kappa shape index (κ2) is 7.11. The standard InChI is InChI=1S/C17H21N3O4/c1-24-12-4-5-13-14(8-12)19-10-20(17(13)23)9-11(21)7-15-16(22)3-2-6-18-15/h4-5,8,10,15-16,18,22H,2-3,6-7,9H2,1H3/t15-,16+/m1/s1. The Bertz CT molecular complexity index is 802. The maximum atomic E-state index is 12.5. The van der Waals surface area contributed by atoms with Crippen molar-refractivity contribution in [2.75, 3.05) is 13.7 Å². The molecule has 2 heterocycles. The molecule has 0 aliphatic carbocycles. The van der Waals surface area contributed by atoms with Crippen LogP contribution in [0.1, 0.15) is 19.3 Å². The number of ketones is 1. The van der Waals surface area contributed by atoms with Crippen LogP contribution in [0.4, 0.5) is 0 Å². The number of aliphatic hydroxyl groups excluding tert-OH is 1. The Kier molecular flexibility index (Phi) is 4.92. The number of fused-ring (bicyclic) bond motifs is 1. The first kappa shape index (κ1) is 16.6. The van der Waals surface area contributed by atoms with Crippen molar-refractivity contribution in [1.29, 1.82) is 0 Å². The minimum absolute atomic E-state index is 0.0430. The van der Waals surface area contributed by atoms with Gasteiger partial charge in [0, 0.05) is 18.5 Å². The number of hydrogen-bond donors (Lipinski definition) is 2. The van der Waals surface area contributed by atoms with Crippen LogP contribution in [0.3, 0.4) is 0 Å². The minimum atomic E-state index is -0.512. The number of hydrogen-bond acceptors (Lipinski definition) is 6. The lowest BCUT2D eigenvalue weighted by atomic mass is 9.97. The number of ether oxygens (including phenoxy) is 1. The summed E-state index contributed by atoms with van der Waals surface area (Å²) in [5.41, 5.74) is 0.278. The molecule has 1 aromatic heterocycles. The largest absolute Gasteiger partial charge is 0.497 e. The Morgan fingerprint density at radius 1 is 1.50 bits per heavy atom. The number of rotatable bonds is 5. The lowest BCUT2D eigenvalue weighted by Crippen LogP contribution is -2.46. The van der Waals surface area contributed by atoms with E-state index in [0.29, 0.717) is 23.1 Å². The highest BCUT2D eigenvalue weighted by molar-refractivity contribution is 5.81. The highest BCUT2D eigenvalue weighted by Crippen LogP contribution is 2.16. The molecular formula is C17H21N3O4. The number of aliphatic hydroxyl groups is 1. The normalized spacial score (nSPS) is 20.9. The molecule has 0 spiro atoms. The molecule has 0 saturated carbocycles. The maximum Gasteiger partial charge on any atom is 0.261 e. The van der Waals surface area contributed by atoms with Crippen molar-refractivity contribution in [3.05, 3.63) is 34.9 Å². The van der Waals surface area contributed by atoms with Crippen molar-refractivity contribution < 1.29 is 14.6 Å². The highest BCUT2D eigenvalue weighted by Gasteiger charge is 2.25. The smallest absolute Gasteiger partial charge is 0.261 e. The van der Waals surface area contributed by atoms with Gasteiger partial charge in [-0.15, -0.1) is 0 Å². The van der Waals surface area contributed by atoms with Crippen LogP contribution in [0.25, 0.3) is 10.9 Å². The van der Waals surface area contributed by atoms with E-state index in [4.69, 9.17) is 4.74 Å². The topological polar surface area (TPSA) is 93.5 Å². The molecule has 7 nitrogen and oxygen atoms in total. The number of nitrogens with zero attached hydrogens (tertiary/aromatic N) is 2. The fourth-order valence-electron chi connectivity index (χ4n) is 3.02. The maximum absolute atomic E-state index is 12.5. The number of carbonyl (C=O) groups excluding carboxylic acids is 1. The predicted molar refractivity (Wildman–Crippen MR) is 89.2 cm³/mol. The SMILES string of the molecule is COc1ccc2c(=O)n(CC(=O)C[C@H]3NCCC[C@@H]3O)cnc2c1. The molecule has 0 radical (unpaired) electrons. The van der Waals surface area contributed by atoms with E-state index >= 15 is 0 Å². The molecule has 128 valence electrons. The summed E-state index contributed by atoms with van der Waals surface area (Å²) < 4.78 is 6.43. The fraction of sp³-hybridized carbons (Fsp3) is 0.471. The summed E-state index contributed by atoms with van der Waals surface area (Å²) >= 11 is 0. The van der Waals surface area contributed by atoms with Crippen molar-refractivity contribution in [3.63, 3.8) is 0 Å². The fourth-order valence-corrected chi connectivity index (χ4v) is 3.02. The van der Waals surface area contributed by atoms with Gasteiger partial charge in [0.2, 0.25) is 0 Å². The zero-order valence-corrected chi connectivity index (χ0v) is 13.6.